The molecule has 25 heavy (non-hydrogen) atoms. The fourth-order valence-corrected chi connectivity index (χ4v) is 3.50. The summed E-state index contributed by atoms with van der Waals surface area (Å²) >= 11 is 1.46. The molecular weight excluding hydrogens is 341 g/mol. The molecule has 128 valence electrons. The average Bonchev–Trinajstić information content (AvgIpc) is 3.00. The summed E-state index contributed by atoms with van der Waals surface area (Å²) in [6, 6.07) is 3.04. The highest BCUT2D eigenvalue weighted by Crippen LogP contribution is 2.27. The van der Waals surface area contributed by atoms with Crippen molar-refractivity contribution in [1.29, 1.82) is 0 Å². The molecule has 1 aliphatic rings. The van der Waals surface area contributed by atoms with Gasteiger partial charge in [0.05, 0.1) is 22.5 Å². The van der Waals surface area contributed by atoms with Gasteiger partial charge in [-0.15, -0.1) is 11.3 Å². The Morgan fingerprint density at radius 1 is 1.36 bits per heavy atom. The van der Waals surface area contributed by atoms with Crippen molar-refractivity contribution in [1.82, 2.24) is 19.9 Å². The quantitative estimate of drug-likeness (QED) is 0.776. The first-order chi connectivity index (χ1) is 12.1. The molecule has 4 rings (SSSR count). The first-order valence-corrected chi connectivity index (χ1v) is 8.91. The average molecular weight is 357 g/mol. The number of hydrogen-bond acceptors (Lipinski definition) is 6. The van der Waals surface area contributed by atoms with Crippen LogP contribution in [0.3, 0.4) is 0 Å². The van der Waals surface area contributed by atoms with Crippen LogP contribution < -0.4 is 5.32 Å². The summed E-state index contributed by atoms with van der Waals surface area (Å²) in [7, 11) is 0. The SMILES string of the molecule is CC(Nc1nc(C(=O)N2CCC2)c2sccc2n1)c1cncc(F)c1. The number of thiophene rings is 1. The number of nitrogens with zero attached hydrogens (tertiary/aromatic N) is 4. The Morgan fingerprint density at radius 3 is 2.92 bits per heavy atom. The molecule has 1 fully saturated rings. The van der Waals surface area contributed by atoms with E-state index in [1.807, 2.05) is 18.4 Å². The molecule has 0 radical (unpaired) electrons. The molecule has 6 nitrogen and oxygen atoms in total. The van der Waals surface area contributed by atoms with Crippen molar-refractivity contribution < 1.29 is 9.18 Å². The Morgan fingerprint density at radius 2 is 2.20 bits per heavy atom. The molecule has 0 spiro atoms. The van der Waals surface area contributed by atoms with Gasteiger partial charge in [0.2, 0.25) is 5.95 Å². The molecule has 3 aromatic heterocycles. The number of halogens is 1. The number of nitrogens with one attached hydrogen (secondary N) is 1. The second-order valence-electron chi connectivity index (χ2n) is 5.98. The van der Waals surface area contributed by atoms with Gasteiger partial charge in [0.1, 0.15) is 5.82 Å². The molecule has 0 aromatic carbocycles. The van der Waals surface area contributed by atoms with E-state index in [-0.39, 0.29) is 11.9 Å². The topological polar surface area (TPSA) is 71.0 Å². The lowest BCUT2D eigenvalue weighted by Gasteiger charge is -2.30. The zero-order chi connectivity index (χ0) is 17.4. The summed E-state index contributed by atoms with van der Waals surface area (Å²) < 4.78 is 14.2. The molecule has 1 N–H and O–H groups in total. The Bertz CT molecular complexity index is 940. The Balaban J connectivity index is 1.66. The molecule has 0 aliphatic carbocycles. The number of carbonyl (C=O) groups is 1. The molecule has 4 heterocycles. The molecule has 1 aliphatic heterocycles. The Hall–Kier alpha value is -2.61. The van der Waals surface area contributed by atoms with Crippen LogP contribution in [0.5, 0.6) is 0 Å². The number of likely N-dealkylation sites (tertiary alicyclic amines) is 1. The van der Waals surface area contributed by atoms with Crippen LogP contribution in [0.2, 0.25) is 0 Å². The predicted molar refractivity (Wildman–Crippen MR) is 94.2 cm³/mol. The zero-order valence-corrected chi connectivity index (χ0v) is 14.4. The van der Waals surface area contributed by atoms with Crippen molar-refractivity contribution in [3.63, 3.8) is 0 Å². The summed E-state index contributed by atoms with van der Waals surface area (Å²) in [5, 5.41) is 5.04. The number of carbonyl (C=O) groups excluding carboxylic acids is 1. The van der Waals surface area contributed by atoms with Crippen molar-refractivity contribution in [2.75, 3.05) is 18.4 Å². The van der Waals surface area contributed by atoms with Gasteiger partial charge in [-0.1, -0.05) is 0 Å². The minimum absolute atomic E-state index is 0.0655. The van der Waals surface area contributed by atoms with E-state index in [9.17, 15) is 9.18 Å². The van der Waals surface area contributed by atoms with Gasteiger partial charge >= 0.3 is 0 Å². The summed E-state index contributed by atoms with van der Waals surface area (Å²) in [4.78, 5) is 27.2. The number of fused-ring (bicyclic) bond motifs is 1. The second kappa shape index (κ2) is 6.36. The first kappa shape index (κ1) is 15.9. The van der Waals surface area contributed by atoms with E-state index < -0.39 is 5.82 Å². The number of anilines is 1. The van der Waals surface area contributed by atoms with Crippen molar-refractivity contribution >= 4 is 33.4 Å². The lowest BCUT2D eigenvalue weighted by atomic mass is 10.1. The fourth-order valence-electron chi connectivity index (χ4n) is 2.68. The van der Waals surface area contributed by atoms with Crippen molar-refractivity contribution in [3.05, 3.63) is 47.0 Å². The molecule has 0 saturated carbocycles. The lowest BCUT2D eigenvalue weighted by molar-refractivity contribution is 0.0648. The normalized spacial score (nSPS) is 15.0. The molecule has 3 aromatic rings. The summed E-state index contributed by atoms with van der Waals surface area (Å²) in [6.45, 7) is 3.40. The lowest BCUT2D eigenvalue weighted by Crippen LogP contribution is -2.42. The van der Waals surface area contributed by atoms with Crippen LogP contribution >= 0.6 is 11.3 Å². The van der Waals surface area contributed by atoms with Gasteiger partial charge in [0.15, 0.2) is 5.69 Å². The van der Waals surface area contributed by atoms with Gasteiger partial charge in [-0.25, -0.2) is 14.4 Å². The van der Waals surface area contributed by atoms with Crippen LogP contribution in [-0.4, -0.2) is 38.8 Å². The zero-order valence-electron chi connectivity index (χ0n) is 13.6. The minimum atomic E-state index is -0.394. The molecule has 1 amide bonds. The number of amides is 1. The Labute approximate surface area is 147 Å². The van der Waals surface area contributed by atoms with E-state index in [1.165, 1.54) is 17.4 Å². The highest BCUT2D eigenvalue weighted by Gasteiger charge is 2.26. The second-order valence-corrected chi connectivity index (χ2v) is 6.90. The largest absolute Gasteiger partial charge is 0.348 e. The third-order valence-electron chi connectivity index (χ3n) is 4.22. The summed E-state index contributed by atoms with van der Waals surface area (Å²) in [5.41, 5.74) is 1.84. The summed E-state index contributed by atoms with van der Waals surface area (Å²) in [6.07, 6.45) is 3.78. The molecule has 1 atom stereocenters. The molecule has 1 saturated heterocycles. The first-order valence-electron chi connectivity index (χ1n) is 8.03. The Kier molecular flexibility index (Phi) is 4.04. The van der Waals surface area contributed by atoms with Gasteiger partial charge in [-0.2, -0.15) is 0 Å². The molecule has 1 unspecified atom stereocenters. The van der Waals surface area contributed by atoms with E-state index in [2.05, 4.69) is 20.3 Å². The maximum Gasteiger partial charge on any atom is 0.274 e. The number of pyridine rings is 1. The molecule has 0 bridgehead atoms. The molecule has 8 heteroatoms. The van der Waals surface area contributed by atoms with Crippen LogP contribution in [0.25, 0.3) is 10.2 Å². The van der Waals surface area contributed by atoms with E-state index in [1.54, 1.807) is 11.1 Å². The van der Waals surface area contributed by atoms with E-state index in [4.69, 9.17) is 0 Å². The van der Waals surface area contributed by atoms with Crippen LogP contribution in [0.4, 0.5) is 10.3 Å². The fraction of sp³-hybridized carbons (Fsp3) is 0.294. The third kappa shape index (κ3) is 3.05. The standard InChI is InChI=1S/C17H16FN5OS/c1-10(11-7-12(18)9-19-8-11)20-17-21-13-3-6-25-15(13)14(22-17)16(24)23-4-2-5-23/h3,6-10H,2,4-5H2,1H3,(H,20,21,22). The van der Waals surface area contributed by atoms with E-state index in [0.29, 0.717) is 17.2 Å². The van der Waals surface area contributed by atoms with Crippen molar-refractivity contribution in [2.24, 2.45) is 0 Å². The number of aromatic nitrogens is 3. The minimum Gasteiger partial charge on any atom is -0.348 e. The number of rotatable bonds is 4. The van der Waals surface area contributed by atoms with Crippen LogP contribution in [0.15, 0.2) is 29.9 Å². The van der Waals surface area contributed by atoms with Gasteiger partial charge in [0.25, 0.3) is 5.91 Å². The predicted octanol–water partition coefficient (Wildman–Crippen LogP) is 3.24. The van der Waals surface area contributed by atoms with Gasteiger partial charge < -0.3 is 10.2 Å². The molecular formula is C17H16FN5OS. The van der Waals surface area contributed by atoms with Gasteiger partial charge in [-0.05, 0) is 36.4 Å². The van der Waals surface area contributed by atoms with Crippen LogP contribution in [-0.2, 0) is 0 Å². The highest BCUT2D eigenvalue weighted by atomic mass is 32.1. The third-order valence-corrected chi connectivity index (χ3v) is 5.13. The monoisotopic (exact) mass is 357 g/mol. The van der Waals surface area contributed by atoms with Gasteiger partial charge in [-0.3, -0.25) is 9.78 Å². The van der Waals surface area contributed by atoms with Crippen molar-refractivity contribution in [2.45, 2.75) is 19.4 Å². The smallest absolute Gasteiger partial charge is 0.274 e. The van der Waals surface area contributed by atoms with Crippen LogP contribution in [0, 0.1) is 5.82 Å². The van der Waals surface area contributed by atoms with E-state index >= 15 is 0 Å². The maximum absolute atomic E-state index is 13.4. The highest BCUT2D eigenvalue weighted by molar-refractivity contribution is 7.17. The van der Waals surface area contributed by atoms with Crippen LogP contribution in [0.1, 0.15) is 35.4 Å². The maximum atomic E-state index is 13.4. The van der Waals surface area contributed by atoms with Gasteiger partial charge in [0, 0.05) is 19.3 Å². The number of hydrogen-bond donors (Lipinski definition) is 1. The van der Waals surface area contributed by atoms with Crippen molar-refractivity contribution in [3.8, 4) is 0 Å². The summed E-state index contributed by atoms with van der Waals surface area (Å²) in [5.74, 6) is -0.107. The van der Waals surface area contributed by atoms with E-state index in [0.717, 1.165) is 35.9 Å².